The summed E-state index contributed by atoms with van der Waals surface area (Å²) < 4.78 is 0. The number of nitrogens with zero attached hydrogens (tertiary/aromatic N) is 2. The summed E-state index contributed by atoms with van der Waals surface area (Å²) >= 11 is 12.5. The Balaban J connectivity index is 1.61. The van der Waals surface area contributed by atoms with E-state index in [-0.39, 0.29) is 18.4 Å². The maximum absolute atomic E-state index is 13.2. The lowest BCUT2D eigenvalue weighted by Crippen LogP contribution is -2.39. The number of hydrogen-bond acceptors (Lipinski definition) is 3. The molecule has 0 N–H and O–H groups in total. The van der Waals surface area contributed by atoms with Crippen LogP contribution in [0, 0.1) is 5.92 Å². The van der Waals surface area contributed by atoms with Crippen LogP contribution in [0.3, 0.4) is 0 Å². The number of halogens is 2. The summed E-state index contributed by atoms with van der Waals surface area (Å²) in [6.07, 6.45) is 4.51. The van der Waals surface area contributed by atoms with Gasteiger partial charge in [-0.1, -0.05) is 65.7 Å². The van der Waals surface area contributed by atoms with Gasteiger partial charge in [-0.3, -0.25) is 14.5 Å². The zero-order valence-electron chi connectivity index (χ0n) is 17.2. The minimum atomic E-state index is -0.337. The largest absolute Gasteiger partial charge is 0.366 e. The molecule has 2 aliphatic heterocycles. The first-order valence-corrected chi connectivity index (χ1v) is 11.2. The second-order valence-electron chi connectivity index (χ2n) is 7.98. The van der Waals surface area contributed by atoms with E-state index >= 15 is 0 Å². The Morgan fingerprint density at radius 2 is 1.71 bits per heavy atom. The Hall–Kier alpha value is -2.56. The highest BCUT2D eigenvalue weighted by atomic mass is 35.5. The Bertz CT molecular complexity index is 1040. The van der Waals surface area contributed by atoms with Crippen molar-refractivity contribution in [2.75, 3.05) is 19.6 Å². The monoisotopic (exact) mass is 454 g/mol. The van der Waals surface area contributed by atoms with Crippen LogP contribution in [-0.4, -0.2) is 41.2 Å². The summed E-state index contributed by atoms with van der Waals surface area (Å²) in [4.78, 5) is 29.7. The molecule has 0 radical (unpaired) electrons. The number of piperidine rings is 1. The van der Waals surface area contributed by atoms with Gasteiger partial charge < -0.3 is 4.90 Å². The molecule has 0 aliphatic carbocycles. The fourth-order valence-corrected chi connectivity index (χ4v) is 4.90. The van der Waals surface area contributed by atoms with Crippen molar-refractivity contribution in [3.05, 3.63) is 88.1 Å². The molecule has 0 spiro atoms. The highest BCUT2D eigenvalue weighted by molar-refractivity contribution is 6.41. The van der Waals surface area contributed by atoms with Crippen LogP contribution < -0.4 is 0 Å². The average Bonchev–Trinajstić information content (AvgIpc) is 3.00. The Labute approximate surface area is 192 Å². The van der Waals surface area contributed by atoms with Gasteiger partial charge in [0.25, 0.3) is 11.8 Å². The van der Waals surface area contributed by atoms with Crippen molar-refractivity contribution in [3.63, 3.8) is 0 Å². The summed E-state index contributed by atoms with van der Waals surface area (Å²) in [5.74, 6) is -0.0683. The van der Waals surface area contributed by atoms with Crippen LogP contribution in [-0.2, 0) is 16.0 Å². The third kappa shape index (κ3) is 4.41. The zero-order chi connectivity index (χ0) is 22.0. The Morgan fingerprint density at radius 1 is 1.00 bits per heavy atom. The molecule has 0 unspecified atom stereocenters. The lowest BCUT2D eigenvalue weighted by atomic mass is 9.89. The van der Waals surface area contributed by atoms with Crippen LogP contribution in [0.4, 0.5) is 0 Å². The number of carbonyl (C=O) groups excluding carboxylic acids is 2. The number of imide groups is 1. The number of likely N-dealkylation sites (tertiary alicyclic amines) is 1. The summed E-state index contributed by atoms with van der Waals surface area (Å²) in [6, 6.07) is 15.5. The number of carbonyl (C=O) groups is 2. The molecule has 6 heteroatoms. The van der Waals surface area contributed by atoms with Gasteiger partial charge in [-0.2, -0.15) is 0 Å². The predicted octanol–water partition coefficient (Wildman–Crippen LogP) is 5.21. The van der Waals surface area contributed by atoms with E-state index in [1.165, 1.54) is 10.5 Å². The predicted molar refractivity (Wildman–Crippen MR) is 125 cm³/mol. The van der Waals surface area contributed by atoms with E-state index in [1.807, 2.05) is 11.0 Å². The van der Waals surface area contributed by atoms with Crippen molar-refractivity contribution in [2.45, 2.75) is 19.3 Å². The fourth-order valence-electron chi connectivity index (χ4n) is 4.39. The highest BCUT2D eigenvalue weighted by Crippen LogP contribution is 2.37. The molecule has 2 aromatic rings. The van der Waals surface area contributed by atoms with Crippen molar-refractivity contribution >= 4 is 40.6 Å². The first kappa shape index (κ1) is 21.7. The van der Waals surface area contributed by atoms with E-state index in [9.17, 15) is 9.59 Å². The van der Waals surface area contributed by atoms with Crippen LogP contribution in [0.1, 0.15) is 24.0 Å². The van der Waals surface area contributed by atoms with Crippen LogP contribution in [0.15, 0.2) is 66.9 Å². The van der Waals surface area contributed by atoms with Gasteiger partial charge in [0.15, 0.2) is 0 Å². The van der Waals surface area contributed by atoms with E-state index in [1.54, 1.807) is 24.3 Å². The van der Waals surface area contributed by atoms with E-state index in [0.29, 0.717) is 32.8 Å². The lowest BCUT2D eigenvalue weighted by molar-refractivity contribution is -0.137. The Kier molecular flexibility index (Phi) is 6.49. The van der Waals surface area contributed by atoms with Gasteiger partial charge in [0.1, 0.15) is 5.70 Å². The zero-order valence-corrected chi connectivity index (χ0v) is 18.7. The number of hydrogen-bond donors (Lipinski definition) is 0. The SMILES string of the molecule is C=CCN1C(=O)C(c2ccc(Cl)cc2Cl)=C(N2CCC(Cc3ccccc3)CC2)C1=O. The van der Waals surface area contributed by atoms with Crippen molar-refractivity contribution in [1.29, 1.82) is 0 Å². The molecule has 4 rings (SSSR count). The van der Waals surface area contributed by atoms with Gasteiger partial charge in [-0.15, -0.1) is 6.58 Å². The number of rotatable bonds is 6. The van der Waals surface area contributed by atoms with Crippen molar-refractivity contribution in [3.8, 4) is 0 Å². The molecular formula is C25H24Cl2N2O2. The topological polar surface area (TPSA) is 40.6 Å². The van der Waals surface area contributed by atoms with Crippen molar-refractivity contribution in [2.24, 2.45) is 5.92 Å². The van der Waals surface area contributed by atoms with Crippen molar-refractivity contribution in [1.82, 2.24) is 9.80 Å². The van der Waals surface area contributed by atoms with Gasteiger partial charge in [0.05, 0.1) is 10.6 Å². The summed E-state index contributed by atoms with van der Waals surface area (Å²) in [7, 11) is 0. The van der Waals surface area contributed by atoms with Gasteiger partial charge in [0, 0.05) is 30.2 Å². The smallest absolute Gasteiger partial charge is 0.278 e. The maximum atomic E-state index is 13.2. The molecule has 0 saturated carbocycles. The average molecular weight is 455 g/mol. The standard InChI is InChI=1S/C25H24Cl2N2O2/c1-2-12-29-24(30)22(20-9-8-19(26)16-21(20)27)23(25(29)31)28-13-10-18(11-14-28)15-17-6-4-3-5-7-17/h2-9,16,18H,1,10-15H2. The highest BCUT2D eigenvalue weighted by Gasteiger charge is 2.42. The minimum absolute atomic E-state index is 0.167. The quantitative estimate of drug-likeness (QED) is 0.443. The van der Waals surface area contributed by atoms with Gasteiger partial charge in [-0.05, 0) is 42.9 Å². The molecule has 1 saturated heterocycles. The molecule has 2 amide bonds. The molecular weight excluding hydrogens is 431 g/mol. The van der Waals surface area contributed by atoms with Gasteiger partial charge >= 0.3 is 0 Å². The second-order valence-corrected chi connectivity index (χ2v) is 8.82. The van der Waals surface area contributed by atoms with E-state index in [2.05, 4.69) is 30.8 Å². The van der Waals surface area contributed by atoms with E-state index in [0.717, 1.165) is 32.4 Å². The summed E-state index contributed by atoms with van der Waals surface area (Å²) in [6.45, 7) is 5.30. The molecule has 0 aromatic heterocycles. The molecule has 1 fully saturated rings. The van der Waals surface area contributed by atoms with Crippen LogP contribution in [0.2, 0.25) is 10.0 Å². The Morgan fingerprint density at radius 3 is 2.35 bits per heavy atom. The molecule has 4 nitrogen and oxygen atoms in total. The van der Waals surface area contributed by atoms with Crippen LogP contribution in [0.25, 0.3) is 5.57 Å². The van der Waals surface area contributed by atoms with Crippen LogP contribution in [0.5, 0.6) is 0 Å². The maximum Gasteiger partial charge on any atom is 0.278 e. The van der Waals surface area contributed by atoms with E-state index < -0.39 is 0 Å². The normalized spacial score (nSPS) is 17.6. The van der Waals surface area contributed by atoms with Gasteiger partial charge in [0.2, 0.25) is 0 Å². The van der Waals surface area contributed by atoms with Crippen LogP contribution >= 0.6 is 23.2 Å². The summed E-state index contributed by atoms with van der Waals surface area (Å²) in [5, 5.41) is 0.845. The molecule has 0 atom stereocenters. The first-order chi connectivity index (χ1) is 15.0. The number of amides is 2. The third-order valence-electron chi connectivity index (χ3n) is 5.95. The first-order valence-electron chi connectivity index (χ1n) is 10.4. The van der Waals surface area contributed by atoms with E-state index in [4.69, 9.17) is 23.2 Å². The molecule has 2 heterocycles. The third-order valence-corrected chi connectivity index (χ3v) is 6.50. The molecule has 2 aromatic carbocycles. The fraction of sp³-hybridized carbons (Fsp3) is 0.280. The molecule has 31 heavy (non-hydrogen) atoms. The summed E-state index contributed by atoms with van der Waals surface area (Å²) in [5.41, 5.74) is 2.67. The number of benzene rings is 2. The molecule has 0 bridgehead atoms. The lowest BCUT2D eigenvalue weighted by Gasteiger charge is -2.34. The van der Waals surface area contributed by atoms with Crippen molar-refractivity contribution < 1.29 is 9.59 Å². The molecule has 2 aliphatic rings. The minimum Gasteiger partial charge on any atom is -0.366 e. The van der Waals surface area contributed by atoms with Gasteiger partial charge in [-0.25, -0.2) is 0 Å². The second kappa shape index (κ2) is 9.29. The molecule has 160 valence electrons.